The highest BCUT2D eigenvalue weighted by Crippen LogP contribution is 2.33. The highest BCUT2D eigenvalue weighted by molar-refractivity contribution is 5.95. The van der Waals surface area contributed by atoms with E-state index in [1.807, 2.05) is 19.1 Å². The van der Waals surface area contributed by atoms with Gasteiger partial charge in [0, 0.05) is 31.7 Å². The molecule has 0 saturated heterocycles. The quantitative estimate of drug-likeness (QED) is 0.650. The number of amides is 1. The molecule has 1 aliphatic heterocycles. The Morgan fingerprint density at radius 3 is 2.77 bits per heavy atom. The Bertz CT molecular complexity index is 1140. The lowest BCUT2D eigenvalue weighted by atomic mass is 10.0. The zero-order valence-electron chi connectivity index (χ0n) is 17.2. The monoisotopic (exact) mass is 405 g/mol. The van der Waals surface area contributed by atoms with Gasteiger partial charge < -0.3 is 14.4 Å². The maximum Gasteiger partial charge on any atom is 0.268 e. The number of aromatic nitrogens is 2. The van der Waals surface area contributed by atoms with E-state index in [9.17, 15) is 9.59 Å². The molecule has 0 bridgehead atoms. The molecule has 0 fully saturated rings. The van der Waals surface area contributed by atoms with Gasteiger partial charge in [0.1, 0.15) is 5.56 Å². The third kappa shape index (κ3) is 3.43. The molecule has 1 aromatic carbocycles. The van der Waals surface area contributed by atoms with Crippen LogP contribution >= 0.6 is 0 Å². The van der Waals surface area contributed by atoms with Crippen molar-refractivity contribution in [3.63, 3.8) is 0 Å². The molecule has 1 amide bonds. The third-order valence-corrected chi connectivity index (χ3v) is 5.39. The van der Waals surface area contributed by atoms with Gasteiger partial charge in [-0.05, 0) is 48.7 Å². The van der Waals surface area contributed by atoms with Crippen molar-refractivity contribution in [2.75, 3.05) is 13.8 Å². The van der Waals surface area contributed by atoms with Gasteiger partial charge >= 0.3 is 0 Å². The molecular formula is C23H23N3O4. The lowest BCUT2D eigenvalue weighted by Gasteiger charge is -2.28. The number of carbonyl (C=O) groups excluding carboxylic acids is 1. The summed E-state index contributed by atoms with van der Waals surface area (Å²) in [6, 6.07) is 10.6. The Morgan fingerprint density at radius 2 is 2.03 bits per heavy atom. The number of benzene rings is 1. The van der Waals surface area contributed by atoms with E-state index in [4.69, 9.17) is 9.47 Å². The van der Waals surface area contributed by atoms with Crippen LogP contribution in [-0.4, -0.2) is 34.2 Å². The van der Waals surface area contributed by atoms with Crippen molar-refractivity contribution in [1.82, 2.24) is 14.5 Å². The van der Waals surface area contributed by atoms with Crippen LogP contribution in [0.1, 0.15) is 40.9 Å². The van der Waals surface area contributed by atoms with Crippen molar-refractivity contribution in [1.29, 1.82) is 0 Å². The van der Waals surface area contributed by atoms with Crippen LogP contribution in [0.4, 0.5) is 0 Å². The fourth-order valence-electron chi connectivity index (χ4n) is 3.75. The topological polar surface area (TPSA) is 73.7 Å². The lowest BCUT2D eigenvalue weighted by Crippen LogP contribution is -2.37. The second-order valence-electron chi connectivity index (χ2n) is 7.21. The maximum atomic E-state index is 13.4. The van der Waals surface area contributed by atoms with Gasteiger partial charge in [-0.2, -0.15) is 0 Å². The van der Waals surface area contributed by atoms with Gasteiger partial charge in [-0.15, -0.1) is 0 Å². The summed E-state index contributed by atoms with van der Waals surface area (Å²) >= 11 is 0. The lowest BCUT2D eigenvalue weighted by molar-refractivity contribution is 0.0723. The molecule has 4 rings (SSSR count). The maximum absolute atomic E-state index is 13.4. The van der Waals surface area contributed by atoms with E-state index < -0.39 is 0 Å². The van der Waals surface area contributed by atoms with Gasteiger partial charge in [0.05, 0.1) is 11.7 Å². The Balaban J connectivity index is 1.73. The minimum Gasteiger partial charge on any atom is -0.454 e. The first kappa shape index (κ1) is 19.7. The number of aryl methyl sites for hydroxylation is 1. The average molecular weight is 405 g/mol. The fourth-order valence-corrected chi connectivity index (χ4v) is 3.75. The molecule has 1 aliphatic rings. The van der Waals surface area contributed by atoms with Gasteiger partial charge in [0.25, 0.3) is 11.5 Å². The summed E-state index contributed by atoms with van der Waals surface area (Å²) in [5, 5.41) is 0. The second-order valence-corrected chi connectivity index (χ2v) is 7.21. The van der Waals surface area contributed by atoms with E-state index in [0.29, 0.717) is 29.2 Å². The SMILES string of the molecule is CCC(c1cccnc1)N(C)C(=O)c1c(C)ccn(-c2ccc3c(c2)OCO3)c1=O. The summed E-state index contributed by atoms with van der Waals surface area (Å²) in [5.74, 6) is 0.896. The van der Waals surface area contributed by atoms with Crippen molar-refractivity contribution in [3.05, 3.63) is 82.0 Å². The largest absolute Gasteiger partial charge is 0.454 e. The van der Waals surface area contributed by atoms with Crippen molar-refractivity contribution >= 4 is 5.91 Å². The van der Waals surface area contributed by atoms with Gasteiger partial charge in [-0.25, -0.2) is 0 Å². The Labute approximate surface area is 174 Å². The second kappa shape index (κ2) is 8.02. The highest BCUT2D eigenvalue weighted by atomic mass is 16.7. The van der Waals surface area contributed by atoms with Gasteiger partial charge in [0.2, 0.25) is 6.79 Å². The number of rotatable bonds is 5. The molecule has 3 heterocycles. The summed E-state index contributed by atoms with van der Waals surface area (Å²) in [7, 11) is 1.72. The fraction of sp³-hybridized carbons (Fsp3) is 0.261. The Kier molecular flexibility index (Phi) is 5.27. The van der Waals surface area contributed by atoms with Crippen LogP contribution in [0, 0.1) is 6.92 Å². The molecular weight excluding hydrogens is 382 g/mol. The molecule has 0 spiro atoms. The molecule has 30 heavy (non-hydrogen) atoms. The minimum atomic E-state index is -0.369. The van der Waals surface area contributed by atoms with E-state index in [-0.39, 0.29) is 29.9 Å². The van der Waals surface area contributed by atoms with Gasteiger partial charge in [0.15, 0.2) is 11.5 Å². The van der Waals surface area contributed by atoms with E-state index in [1.165, 1.54) is 4.57 Å². The minimum absolute atomic E-state index is 0.153. The van der Waals surface area contributed by atoms with Crippen LogP contribution in [0.15, 0.2) is 59.8 Å². The summed E-state index contributed by atoms with van der Waals surface area (Å²) in [6.07, 6.45) is 5.82. The molecule has 0 aliphatic carbocycles. The third-order valence-electron chi connectivity index (χ3n) is 5.39. The predicted molar refractivity (Wildman–Crippen MR) is 112 cm³/mol. The average Bonchev–Trinajstić information content (AvgIpc) is 3.23. The molecule has 7 nitrogen and oxygen atoms in total. The summed E-state index contributed by atoms with van der Waals surface area (Å²) in [6.45, 7) is 3.94. The van der Waals surface area contributed by atoms with Crippen molar-refractivity contribution in [2.24, 2.45) is 0 Å². The first-order valence-corrected chi connectivity index (χ1v) is 9.80. The van der Waals surface area contributed by atoms with Crippen LogP contribution in [0.25, 0.3) is 5.69 Å². The number of fused-ring (bicyclic) bond motifs is 1. The van der Waals surface area contributed by atoms with Gasteiger partial charge in [-0.3, -0.25) is 19.1 Å². The molecule has 7 heteroatoms. The number of nitrogens with zero attached hydrogens (tertiary/aromatic N) is 3. The van der Waals surface area contributed by atoms with Gasteiger partial charge in [-0.1, -0.05) is 13.0 Å². The first-order chi connectivity index (χ1) is 14.5. The van der Waals surface area contributed by atoms with Crippen LogP contribution in [-0.2, 0) is 0 Å². The zero-order valence-corrected chi connectivity index (χ0v) is 17.2. The number of pyridine rings is 2. The summed E-state index contributed by atoms with van der Waals surface area (Å²) in [5.41, 5.74) is 1.96. The normalized spacial score (nSPS) is 13.2. The highest BCUT2D eigenvalue weighted by Gasteiger charge is 2.26. The predicted octanol–water partition coefficient (Wildman–Crippen LogP) is 3.49. The number of carbonyl (C=O) groups is 1. The molecule has 1 unspecified atom stereocenters. The number of hydrogen-bond acceptors (Lipinski definition) is 5. The number of ether oxygens (including phenoxy) is 2. The Morgan fingerprint density at radius 1 is 1.23 bits per heavy atom. The zero-order chi connectivity index (χ0) is 21.3. The molecule has 2 aromatic heterocycles. The van der Waals surface area contributed by atoms with E-state index >= 15 is 0 Å². The standard InChI is InChI=1S/C23H23N3O4/c1-4-18(16-6-5-10-24-13-16)25(3)22(27)21-15(2)9-11-26(23(21)28)17-7-8-19-20(12-17)30-14-29-19/h5-13,18H,4,14H2,1-3H3. The van der Waals surface area contributed by atoms with Crippen LogP contribution in [0.3, 0.4) is 0 Å². The van der Waals surface area contributed by atoms with Crippen molar-refractivity contribution in [3.8, 4) is 17.2 Å². The smallest absolute Gasteiger partial charge is 0.268 e. The van der Waals surface area contributed by atoms with Crippen LogP contribution in [0.5, 0.6) is 11.5 Å². The molecule has 154 valence electrons. The van der Waals surface area contributed by atoms with Crippen LogP contribution < -0.4 is 15.0 Å². The molecule has 0 N–H and O–H groups in total. The Hall–Kier alpha value is -3.61. The summed E-state index contributed by atoms with van der Waals surface area (Å²) < 4.78 is 12.2. The molecule has 0 saturated carbocycles. The summed E-state index contributed by atoms with van der Waals surface area (Å²) in [4.78, 5) is 32.5. The van der Waals surface area contributed by atoms with Crippen molar-refractivity contribution < 1.29 is 14.3 Å². The van der Waals surface area contributed by atoms with E-state index in [0.717, 1.165) is 5.56 Å². The van der Waals surface area contributed by atoms with E-state index in [2.05, 4.69) is 4.98 Å². The van der Waals surface area contributed by atoms with Crippen LogP contribution in [0.2, 0.25) is 0 Å². The van der Waals surface area contributed by atoms with E-state index in [1.54, 1.807) is 61.7 Å². The van der Waals surface area contributed by atoms with Crippen molar-refractivity contribution in [2.45, 2.75) is 26.3 Å². The molecule has 1 atom stereocenters. The first-order valence-electron chi connectivity index (χ1n) is 9.80. The number of hydrogen-bond donors (Lipinski definition) is 0. The molecule has 3 aromatic rings. The molecule has 0 radical (unpaired) electrons.